The van der Waals surface area contributed by atoms with Gasteiger partial charge in [0.2, 0.25) is 0 Å². The Balaban J connectivity index is 1.67. The van der Waals surface area contributed by atoms with Crippen LogP contribution in [0.3, 0.4) is 0 Å². The van der Waals surface area contributed by atoms with Crippen molar-refractivity contribution < 1.29 is 20.1 Å². The third-order valence-electron chi connectivity index (χ3n) is 4.71. The van der Waals surface area contributed by atoms with E-state index in [1.165, 1.54) is 6.33 Å². The third-order valence-corrected chi connectivity index (χ3v) is 4.71. The lowest BCUT2D eigenvalue weighted by molar-refractivity contribution is -0.0848. The van der Waals surface area contributed by atoms with Crippen LogP contribution in [0.25, 0.3) is 11.0 Å². The molecular formula is C18H19N3O4. The van der Waals surface area contributed by atoms with Gasteiger partial charge in [-0.3, -0.25) is 0 Å². The predicted molar refractivity (Wildman–Crippen MR) is 89.6 cm³/mol. The maximum absolute atomic E-state index is 10.6. The molecule has 2 aromatic heterocycles. The molecule has 7 nitrogen and oxygen atoms in total. The van der Waals surface area contributed by atoms with Crippen LogP contribution in [0, 0.1) is 6.92 Å². The highest BCUT2D eigenvalue weighted by Crippen LogP contribution is 2.37. The van der Waals surface area contributed by atoms with E-state index < -0.39 is 30.6 Å². The summed E-state index contributed by atoms with van der Waals surface area (Å²) in [6.45, 7) is 1.87. The molecule has 25 heavy (non-hydrogen) atoms. The van der Waals surface area contributed by atoms with E-state index in [1.54, 1.807) is 35.0 Å². The Hall–Kier alpha value is -2.32. The van der Waals surface area contributed by atoms with E-state index in [2.05, 4.69) is 9.97 Å². The fraction of sp³-hybridized carbons (Fsp3) is 0.333. The minimum absolute atomic E-state index is 0.610. The van der Waals surface area contributed by atoms with Crippen LogP contribution in [0.4, 0.5) is 0 Å². The molecule has 1 aromatic carbocycles. The number of hydrogen-bond donors (Lipinski definition) is 3. The van der Waals surface area contributed by atoms with Crippen LogP contribution in [0.2, 0.25) is 0 Å². The maximum Gasteiger partial charge on any atom is 0.164 e. The number of nitrogens with zero attached hydrogens (tertiary/aromatic N) is 3. The second kappa shape index (κ2) is 6.20. The average molecular weight is 341 g/mol. The van der Waals surface area contributed by atoms with Gasteiger partial charge in [0, 0.05) is 11.6 Å². The van der Waals surface area contributed by atoms with Crippen molar-refractivity contribution in [3.8, 4) is 0 Å². The summed E-state index contributed by atoms with van der Waals surface area (Å²) in [7, 11) is 0. The molecule has 5 atom stereocenters. The molecule has 0 saturated carbocycles. The summed E-state index contributed by atoms with van der Waals surface area (Å²) in [5.74, 6) is 0. The molecule has 130 valence electrons. The summed E-state index contributed by atoms with van der Waals surface area (Å²) < 4.78 is 7.51. The van der Waals surface area contributed by atoms with Gasteiger partial charge >= 0.3 is 0 Å². The van der Waals surface area contributed by atoms with Gasteiger partial charge in [0.15, 0.2) is 6.23 Å². The van der Waals surface area contributed by atoms with Crippen LogP contribution in [-0.4, -0.2) is 48.2 Å². The van der Waals surface area contributed by atoms with Gasteiger partial charge in [-0.15, -0.1) is 0 Å². The third kappa shape index (κ3) is 2.61. The van der Waals surface area contributed by atoms with Crippen molar-refractivity contribution in [3.05, 3.63) is 60.2 Å². The molecule has 0 radical (unpaired) electrons. The van der Waals surface area contributed by atoms with Crippen LogP contribution >= 0.6 is 0 Å². The lowest BCUT2D eigenvalue weighted by atomic mass is 9.99. The van der Waals surface area contributed by atoms with Gasteiger partial charge in [-0.05, 0) is 18.6 Å². The molecule has 1 saturated heterocycles. The molecule has 1 aliphatic rings. The fourth-order valence-corrected chi connectivity index (χ4v) is 3.32. The van der Waals surface area contributed by atoms with Gasteiger partial charge in [0.05, 0.1) is 5.69 Å². The molecule has 1 unspecified atom stereocenters. The standard InChI is InChI=1S/C18H19N3O4/c1-10-12-7-8-21(17(12)20-9-19-10)18-15(24)14(23)16(25-18)13(22)11-5-3-2-4-6-11/h2-9,13-16,18,22-24H,1H3/t13-,14+,15?,16+,18-/m1/s1. The molecule has 1 aliphatic heterocycles. The molecule has 1 fully saturated rings. The lowest BCUT2D eigenvalue weighted by Crippen LogP contribution is -2.34. The number of aliphatic hydroxyl groups excluding tert-OH is 3. The average Bonchev–Trinajstić information content (AvgIpc) is 3.18. The Morgan fingerprint density at radius 1 is 1.08 bits per heavy atom. The van der Waals surface area contributed by atoms with Gasteiger partial charge in [-0.2, -0.15) is 0 Å². The number of benzene rings is 1. The number of hydrogen-bond acceptors (Lipinski definition) is 6. The van der Waals surface area contributed by atoms with Crippen molar-refractivity contribution in [3.63, 3.8) is 0 Å². The zero-order chi connectivity index (χ0) is 17.6. The first-order valence-electron chi connectivity index (χ1n) is 8.10. The number of aryl methyl sites for hydroxylation is 1. The van der Waals surface area contributed by atoms with Crippen molar-refractivity contribution >= 4 is 11.0 Å². The maximum atomic E-state index is 10.6. The fourth-order valence-electron chi connectivity index (χ4n) is 3.32. The number of ether oxygens (including phenoxy) is 1. The van der Waals surface area contributed by atoms with E-state index in [4.69, 9.17) is 4.74 Å². The topological polar surface area (TPSA) is 101 Å². The molecule has 7 heteroatoms. The molecule has 3 N–H and O–H groups in total. The van der Waals surface area contributed by atoms with Crippen molar-refractivity contribution in [1.29, 1.82) is 0 Å². The molecule has 0 aliphatic carbocycles. The smallest absolute Gasteiger partial charge is 0.164 e. The van der Waals surface area contributed by atoms with E-state index in [-0.39, 0.29) is 0 Å². The van der Waals surface area contributed by atoms with E-state index in [0.717, 1.165) is 11.1 Å². The Labute approximate surface area is 144 Å². The van der Waals surface area contributed by atoms with Crippen LogP contribution in [-0.2, 0) is 4.74 Å². The molecule has 0 spiro atoms. The quantitative estimate of drug-likeness (QED) is 0.659. The van der Waals surface area contributed by atoms with Crippen molar-refractivity contribution in [2.24, 2.45) is 0 Å². The Bertz CT molecular complexity index is 882. The minimum atomic E-state index is -1.22. The SMILES string of the molecule is Cc1ncnc2c1ccn2[C@@H]1O[C@@H]([C@H](O)c2ccccc2)[C@@H](O)C1O. The second-order valence-electron chi connectivity index (χ2n) is 6.25. The van der Waals surface area contributed by atoms with Gasteiger partial charge in [0.1, 0.15) is 36.4 Å². The molecule has 4 rings (SSSR count). The van der Waals surface area contributed by atoms with Gasteiger partial charge in [0.25, 0.3) is 0 Å². The molecule has 3 heterocycles. The summed E-state index contributed by atoms with van der Waals surface area (Å²) in [5, 5.41) is 32.3. The lowest BCUT2D eigenvalue weighted by Gasteiger charge is -2.21. The number of fused-ring (bicyclic) bond motifs is 1. The summed E-state index contributed by atoms with van der Waals surface area (Å²) >= 11 is 0. The largest absolute Gasteiger partial charge is 0.387 e. The zero-order valence-electron chi connectivity index (χ0n) is 13.6. The minimum Gasteiger partial charge on any atom is -0.387 e. The van der Waals surface area contributed by atoms with Crippen LogP contribution in [0.1, 0.15) is 23.6 Å². The number of aliphatic hydroxyl groups is 3. The normalized spacial score (nSPS) is 27.7. The molecular weight excluding hydrogens is 322 g/mol. The second-order valence-corrected chi connectivity index (χ2v) is 6.25. The highest BCUT2D eigenvalue weighted by atomic mass is 16.6. The van der Waals surface area contributed by atoms with E-state index in [1.807, 2.05) is 19.1 Å². The van der Waals surface area contributed by atoms with Crippen LogP contribution in [0.15, 0.2) is 48.9 Å². The van der Waals surface area contributed by atoms with Crippen molar-refractivity contribution in [1.82, 2.24) is 14.5 Å². The Kier molecular flexibility index (Phi) is 4.01. The first-order chi connectivity index (χ1) is 12.1. The van der Waals surface area contributed by atoms with E-state index >= 15 is 0 Å². The van der Waals surface area contributed by atoms with E-state index in [9.17, 15) is 15.3 Å². The molecule has 0 bridgehead atoms. The highest BCUT2D eigenvalue weighted by molar-refractivity contribution is 5.78. The van der Waals surface area contributed by atoms with Gasteiger partial charge in [-0.1, -0.05) is 30.3 Å². The predicted octanol–water partition coefficient (Wildman–Crippen LogP) is 1.09. The number of rotatable bonds is 3. The van der Waals surface area contributed by atoms with Crippen LogP contribution in [0.5, 0.6) is 0 Å². The summed E-state index contributed by atoms with van der Waals surface area (Å²) in [6.07, 6.45) is -2.05. The molecule has 3 aromatic rings. The Morgan fingerprint density at radius 2 is 1.84 bits per heavy atom. The summed E-state index contributed by atoms with van der Waals surface area (Å²) in [5.41, 5.74) is 2.05. The number of aromatic nitrogens is 3. The molecule has 0 amide bonds. The Morgan fingerprint density at radius 3 is 2.60 bits per heavy atom. The zero-order valence-corrected chi connectivity index (χ0v) is 13.6. The van der Waals surface area contributed by atoms with Crippen molar-refractivity contribution in [2.45, 2.75) is 37.6 Å². The van der Waals surface area contributed by atoms with Gasteiger partial charge in [-0.25, -0.2) is 9.97 Å². The monoisotopic (exact) mass is 341 g/mol. The highest BCUT2D eigenvalue weighted by Gasteiger charge is 2.47. The van der Waals surface area contributed by atoms with E-state index in [0.29, 0.717) is 11.2 Å². The van der Waals surface area contributed by atoms with Crippen molar-refractivity contribution in [2.75, 3.05) is 0 Å². The summed E-state index contributed by atoms with van der Waals surface area (Å²) in [6, 6.07) is 10.8. The van der Waals surface area contributed by atoms with Crippen LogP contribution < -0.4 is 0 Å². The first-order valence-corrected chi connectivity index (χ1v) is 8.10. The summed E-state index contributed by atoms with van der Waals surface area (Å²) in [4.78, 5) is 8.40. The first kappa shape index (κ1) is 16.2. The van der Waals surface area contributed by atoms with Gasteiger partial charge < -0.3 is 24.6 Å².